The van der Waals surface area contributed by atoms with E-state index >= 15 is 0 Å². The van der Waals surface area contributed by atoms with Gasteiger partial charge in [-0.05, 0) is 12.8 Å². The van der Waals surface area contributed by atoms with Gasteiger partial charge in [0.15, 0.2) is 0 Å². The van der Waals surface area contributed by atoms with E-state index in [1.165, 1.54) is 0 Å². The monoisotopic (exact) mass is 428 g/mol. The summed E-state index contributed by atoms with van der Waals surface area (Å²) in [6.45, 7) is 5.71. The molecule has 0 aromatic heterocycles. The van der Waals surface area contributed by atoms with Crippen LogP contribution in [0.25, 0.3) is 0 Å². The Balaban J connectivity index is -0.0000000180. The average molecular weight is 428 g/mol. The van der Waals surface area contributed by atoms with Gasteiger partial charge in [0.1, 0.15) is 5.78 Å². The second kappa shape index (κ2) is 23.3. The number of Topliss-reactive ketones (excluding diaryl/α,β-unsaturated/α-hetero) is 1. The summed E-state index contributed by atoms with van der Waals surface area (Å²) >= 11 is 0. The minimum Gasteiger partial charge on any atom is -2.00 e. The Morgan fingerprint density at radius 2 is 1.33 bits per heavy atom. The summed E-state index contributed by atoms with van der Waals surface area (Å²) < 4.78 is 0. The molecule has 12 heavy (non-hydrogen) atoms. The molecule has 0 saturated heterocycles. The molecule has 0 aromatic rings. The minimum atomic E-state index is 0. The molecule has 2 radical (unpaired) electrons. The van der Waals surface area contributed by atoms with Crippen molar-refractivity contribution < 1.29 is 105 Å². The molecule has 0 unspecified atom stereocenters. The van der Waals surface area contributed by atoms with E-state index in [0.29, 0.717) is 5.92 Å². The van der Waals surface area contributed by atoms with Gasteiger partial charge >= 0.3 is 83.5 Å². The van der Waals surface area contributed by atoms with Crippen LogP contribution in [0.1, 0.15) is 27.2 Å². The second-order valence-electron chi connectivity index (χ2n) is 2.30. The van der Waals surface area contributed by atoms with Gasteiger partial charge in [-0.15, -0.1) is 0 Å². The fourth-order valence-electron chi connectivity index (χ4n) is 0.575. The van der Waals surface area contributed by atoms with Gasteiger partial charge in [0.25, 0.3) is 0 Å². The predicted molar refractivity (Wildman–Crippen MR) is 32.2 cm³/mol. The van der Waals surface area contributed by atoms with Crippen LogP contribution < -0.4 is 0 Å². The third kappa shape index (κ3) is 39.6. The molecule has 0 aliphatic carbocycles. The number of ketones is 1. The number of hydrogen-bond donors (Lipinski definition) is 0. The van der Waals surface area contributed by atoms with Crippen LogP contribution in [0.4, 0.5) is 0 Å². The maximum Gasteiger partial charge on any atom is 3.00 e. The fraction of sp³-hybridized carbons (Fsp3) is 0.833. The van der Waals surface area contributed by atoms with E-state index in [2.05, 4.69) is 0 Å². The molecule has 0 fully saturated rings. The van der Waals surface area contributed by atoms with Crippen LogP contribution >= 0.6 is 0 Å². The molecule has 0 bridgehead atoms. The van der Waals surface area contributed by atoms with Gasteiger partial charge < -0.3 is 21.2 Å². The third-order valence-electron chi connectivity index (χ3n) is 0.696. The van der Waals surface area contributed by atoms with Crippen molar-refractivity contribution in [3.05, 3.63) is 0 Å². The van der Waals surface area contributed by atoms with E-state index in [1.807, 2.05) is 13.8 Å². The largest absolute Gasteiger partial charge is 3.00 e. The Labute approximate surface area is 141 Å². The average Bonchev–Trinajstić information content (AvgIpc) is 1.27. The number of rotatable bonds is 2. The molecular formula is C6H12Ce2O4. The topological polar surface area (TPSA) is 103 Å². The van der Waals surface area contributed by atoms with Crippen LogP contribution in [-0.4, -0.2) is 5.78 Å². The molecule has 0 rings (SSSR count). The zero-order chi connectivity index (χ0) is 5.86. The number of carbonyl (C=O) groups is 1. The van der Waals surface area contributed by atoms with Gasteiger partial charge in [-0.1, -0.05) is 13.8 Å². The molecular weight excluding hydrogens is 416 g/mol. The van der Waals surface area contributed by atoms with Crippen molar-refractivity contribution in [3.63, 3.8) is 0 Å². The van der Waals surface area contributed by atoms with Crippen LogP contribution in [-0.2, 0) is 21.2 Å². The van der Waals surface area contributed by atoms with Gasteiger partial charge in [-0.3, -0.25) is 0 Å². The third-order valence-corrected chi connectivity index (χ3v) is 0.696. The van der Waals surface area contributed by atoms with Gasteiger partial charge in [-0.25, -0.2) is 0 Å². The predicted octanol–water partition coefficient (Wildman–Crippen LogP) is 1.27. The van der Waals surface area contributed by atoms with Gasteiger partial charge in [0, 0.05) is 6.42 Å². The van der Waals surface area contributed by atoms with Crippen LogP contribution in [0, 0.1) is 89.4 Å². The molecule has 0 N–H and O–H groups in total. The van der Waals surface area contributed by atoms with E-state index in [4.69, 9.17) is 0 Å². The van der Waals surface area contributed by atoms with Crippen molar-refractivity contribution in [2.45, 2.75) is 27.2 Å². The standard InChI is InChI=1S/C6H12O.2Ce.3O/c1-5(2)4-6(3)7;;;;;/h5H,4H2,1-3H3;;;;;/q;2*+3;3*-2. The summed E-state index contributed by atoms with van der Waals surface area (Å²) in [5.41, 5.74) is 0. The van der Waals surface area contributed by atoms with E-state index < -0.39 is 0 Å². The Bertz CT molecular complexity index is 77.9. The molecule has 0 heterocycles. The van der Waals surface area contributed by atoms with Crippen molar-refractivity contribution >= 4 is 5.78 Å². The molecule has 0 spiro atoms. The summed E-state index contributed by atoms with van der Waals surface area (Å²) in [7, 11) is 0. The van der Waals surface area contributed by atoms with E-state index in [9.17, 15) is 4.79 Å². The van der Waals surface area contributed by atoms with Crippen LogP contribution in [0.2, 0.25) is 0 Å². The van der Waals surface area contributed by atoms with Crippen molar-refractivity contribution in [2.75, 3.05) is 0 Å². The zero-order valence-electron chi connectivity index (χ0n) is 7.42. The smallest absolute Gasteiger partial charge is 2.00 e. The first kappa shape index (κ1) is 36.7. The first-order valence-corrected chi connectivity index (χ1v) is 2.62. The van der Waals surface area contributed by atoms with Crippen LogP contribution in [0.5, 0.6) is 0 Å². The first-order chi connectivity index (χ1) is 3.13. The Hall–Kier alpha value is 2.30. The number of hydrogen-bond acceptors (Lipinski definition) is 1. The Morgan fingerprint density at radius 3 is 1.33 bits per heavy atom. The maximum atomic E-state index is 10.3. The first-order valence-electron chi connectivity index (χ1n) is 2.62. The van der Waals surface area contributed by atoms with Crippen molar-refractivity contribution in [2.24, 2.45) is 5.92 Å². The van der Waals surface area contributed by atoms with Crippen LogP contribution in [0.3, 0.4) is 0 Å². The van der Waals surface area contributed by atoms with Gasteiger partial charge in [0.05, 0.1) is 0 Å². The number of carbonyl (C=O) groups excluding carboxylic acids is 1. The Kier molecular flexibility index (Phi) is 71.2. The zero-order valence-corrected chi connectivity index (χ0v) is 13.7. The normalized spacial score (nSPS) is 5.67. The second-order valence-corrected chi connectivity index (χ2v) is 2.30. The van der Waals surface area contributed by atoms with E-state index in [1.54, 1.807) is 6.92 Å². The van der Waals surface area contributed by atoms with Crippen molar-refractivity contribution in [3.8, 4) is 0 Å². The molecule has 0 saturated carbocycles. The van der Waals surface area contributed by atoms with Crippen molar-refractivity contribution in [1.82, 2.24) is 0 Å². The van der Waals surface area contributed by atoms with Gasteiger partial charge in [-0.2, -0.15) is 0 Å². The molecule has 0 amide bonds. The summed E-state index contributed by atoms with van der Waals surface area (Å²) in [6, 6.07) is 0. The maximum absolute atomic E-state index is 10.3. The van der Waals surface area contributed by atoms with E-state index in [0.717, 1.165) is 6.42 Å². The summed E-state index contributed by atoms with van der Waals surface area (Å²) in [5.74, 6) is 0.813. The molecule has 6 heteroatoms. The van der Waals surface area contributed by atoms with E-state index in [-0.39, 0.29) is 106 Å². The van der Waals surface area contributed by atoms with Crippen LogP contribution in [0.15, 0.2) is 0 Å². The minimum absolute atomic E-state index is 0. The summed E-state index contributed by atoms with van der Waals surface area (Å²) in [4.78, 5) is 10.3. The van der Waals surface area contributed by atoms with Crippen molar-refractivity contribution in [1.29, 1.82) is 0 Å². The SMILES string of the molecule is CC(=O)CC(C)C.[Ce+3].[Ce+3].[O-2].[O-2].[O-2]. The molecule has 0 aromatic carbocycles. The fourth-order valence-corrected chi connectivity index (χ4v) is 0.575. The quantitative estimate of drug-likeness (QED) is 0.650. The molecule has 4 nitrogen and oxygen atoms in total. The molecule has 0 aliphatic rings. The van der Waals surface area contributed by atoms with Gasteiger partial charge in [0.2, 0.25) is 0 Å². The molecule has 0 aliphatic heterocycles. The summed E-state index contributed by atoms with van der Waals surface area (Å²) in [5, 5.41) is 0. The molecule has 0 atom stereocenters. The Morgan fingerprint density at radius 1 is 1.08 bits per heavy atom. The molecule has 68 valence electrons. The summed E-state index contributed by atoms with van der Waals surface area (Å²) in [6.07, 6.45) is 0.722.